The summed E-state index contributed by atoms with van der Waals surface area (Å²) < 4.78 is 6.13. The van der Waals surface area contributed by atoms with Crippen molar-refractivity contribution in [3.8, 4) is 11.4 Å². The summed E-state index contributed by atoms with van der Waals surface area (Å²) in [5.74, 6) is 1.93. The normalized spacial score (nSPS) is 10.8. The van der Waals surface area contributed by atoms with Gasteiger partial charge >= 0.3 is 0 Å². The van der Waals surface area contributed by atoms with Gasteiger partial charge in [0.2, 0.25) is 17.0 Å². The first-order chi connectivity index (χ1) is 14.7. The molecule has 0 aliphatic carbocycles. The maximum atomic E-state index is 12.1. The Balaban J connectivity index is 1.25. The summed E-state index contributed by atoms with van der Waals surface area (Å²) in [6.07, 6.45) is 4.03. The lowest BCUT2D eigenvalue weighted by molar-refractivity contribution is -0.116. The number of benzene rings is 1. The fourth-order valence-electron chi connectivity index (χ4n) is 2.53. The molecule has 0 spiro atoms. The Bertz CT molecular complexity index is 1130. The lowest BCUT2D eigenvalue weighted by Gasteiger charge is -2.04. The van der Waals surface area contributed by atoms with Crippen molar-refractivity contribution in [1.82, 2.24) is 30.3 Å². The van der Waals surface area contributed by atoms with Crippen molar-refractivity contribution in [3.05, 3.63) is 65.0 Å². The molecule has 9 nitrogen and oxygen atoms in total. The summed E-state index contributed by atoms with van der Waals surface area (Å²) in [6.45, 7) is 0. The molecule has 30 heavy (non-hydrogen) atoms. The number of amides is 1. The molecule has 1 amide bonds. The van der Waals surface area contributed by atoms with Crippen molar-refractivity contribution in [2.45, 2.75) is 23.8 Å². The van der Waals surface area contributed by atoms with Crippen LogP contribution < -0.4 is 5.32 Å². The maximum absolute atomic E-state index is 12.1. The van der Waals surface area contributed by atoms with E-state index in [1.54, 1.807) is 12.4 Å². The molecule has 3 aromatic heterocycles. The van der Waals surface area contributed by atoms with Gasteiger partial charge in [0.1, 0.15) is 0 Å². The molecule has 0 aliphatic rings. The lowest BCUT2D eigenvalue weighted by Crippen LogP contribution is -2.12. The average Bonchev–Trinajstić information content (AvgIpc) is 3.41. The molecule has 0 radical (unpaired) electrons. The molecular weight excluding hydrogens is 470 g/mol. The van der Waals surface area contributed by atoms with Crippen LogP contribution in [0.3, 0.4) is 0 Å². The van der Waals surface area contributed by atoms with Gasteiger partial charge in [-0.05, 0) is 30.3 Å². The van der Waals surface area contributed by atoms with Crippen molar-refractivity contribution in [3.63, 3.8) is 0 Å². The Kier molecular flexibility index (Phi) is 6.50. The highest BCUT2D eigenvalue weighted by molar-refractivity contribution is 9.10. The van der Waals surface area contributed by atoms with Crippen LogP contribution in [0.4, 0.5) is 5.69 Å². The molecule has 1 aromatic carbocycles. The lowest BCUT2D eigenvalue weighted by atomic mass is 10.2. The highest BCUT2D eigenvalue weighted by Crippen LogP contribution is 2.21. The SMILES string of the molecule is O=C(CCc1nc(CSc2n[nH]c(-c3cccnc3)n2)no1)Nc1cccc(Br)c1. The number of H-pyrrole nitrogens is 1. The molecule has 11 heteroatoms. The molecule has 0 fully saturated rings. The molecule has 0 saturated heterocycles. The molecule has 0 bridgehead atoms. The number of nitrogens with one attached hydrogen (secondary N) is 2. The molecule has 0 unspecified atom stereocenters. The van der Waals surface area contributed by atoms with Gasteiger partial charge in [-0.3, -0.25) is 14.9 Å². The Morgan fingerprint density at radius 1 is 1.23 bits per heavy atom. The predicted molar refractivity (Wildman–Crippen MR) is 115 cm³/mol. The number of carbonyl (C=O) groups is 1. The first-order valence-corrected chi connectivity index (χ1v) is 10.8. The summed E-state index contributed by atoms with van der Waals surface area (Å²) >= 11 is 4.76. The van der Waals surface area contributed by atoms with Gasteiger partial charge in [0.25, 0.3) is 0 Å². The molecule has 152 valence electrons. The molecular formula is C19H16BrN7O2S. The topological polar surface area (TPSA) is 122 Å². The Labute approximate surface area is 184 Å². The summed E-state index contributed by atoms with van der Waals surface area (Å²) in [7, 11) is 0. The number of thioether (sulfide) groups is 1. The zero-order chi connectivity index (χ0) is 20.8. The number of hydrogen-bond acceptors (Lipinski definition) is 8. The fourth-order valence-corrected chi connectivity index (χ4v) is 3.57. The van der Waals surface area contributed by atoms with Crippen LogP contribution in [-0.4, -0.2) is 36.2 Å². The highest BCUT2D eigenvalue weighted by atomic mass is 79.9. The third kappa shape index (κ3) is 5.51. The van der Waals surface area contributed by atoms with Crippen LogP contribution in [0.5, 0.6) is 0 Å². The van der Waals surface area contributed by atoms with Crippen LogP contribution in [0.25, 0.3) is 11.4 Å². The first-order valence-electron chi connectivity index (χ1n) is 8.98. The van der Waals surface area contributed by atoms with Crippen LogP contribution >= 0.6 is 27.7 Å². The minimum Gasteiger partial charge on any atom is -0.339 e. The number of rotatable bonds is 8. The number of hydrogen-bond donors (Lipinski definition) is 2. The van der Waals surface area contributed by atoms with E-state index in [4.69, 9.17) is 4.52 Å². The van der Waals surface area contributed by atoms with Crippen molar-refractivity contribution in [2.24, 2.45) is 0 Å². The van der Waals surface area contributed by atoms with Gasteiger partial charge in [-0.2, -0.15) is 4.98 Å². The Morgan fingerprint density at radius 3 is 3.00 bits per heavy atom. The Morgan fingerprint density at radius 2 is 2.17 bits per heavy atom. The summed E-state index contributed by atoms with van der Waals surface area (Å²) in [5.41, 5.74) is 1.59. The zero-order valence-corrected chi connectivity index (χ0v) is 18.0. The highest BCUT2D eigenvalue weighted by Gasteiger charge is 2.12. The van der Waals surface area contributed by atoms with Gasteiger partial charge < -0.3 is 9.84 Å². The van der Waals surface area contributed by atoms with Crippen molar-refractivity contribution in [1.29, 1.82) is 0 Å². The number of aromatic nitrogens is 6. The van der Waals surface area contributed by atoms with E-state index in [0.29, 0.717) is 34.9 Å². The largest absolute Gasteiger partial charge is 0.339 e. The quantitative estimate of drug-likeness (QED) is 0.360. The van der Waals surface area contributed by atoms with Crippen LogP contribution in [0.15, 0.2) is 62.9 Å². The number of aryl methyl sites for hydroxylation is 1. The van der Waals surface area contributed by atoms with E-state index in [1.807, 2.05) is 36.4 Å². The maximum Gasteiger partial charge on any atom is 0.227 e. The standard InChI is InChI=1S/C19H16BrN7O2S/c20-13-4-1-5-14(9-13)22-16(28)6-7-17-23-15(27-29-17)11-30-19-24-18(25-26-19)12-3-2-8-21-10-12/h1-5,8-10H,6-7,11H2,(H,22,28)(H,24,25,26). The number of aromatic amines is 1. The summed E-state index contributed by atoms with van der Waals surface area (Å²) in [6, 6.07) is 11.2. The van der Waals surface area contributed by atoms with Crippen molar-refractivity contribution >= 4 is 39.3 Å². The molecule has 4 rings (SSSR count). The van der Waals surface area contributed by atoms with Crippen LogP contribution in [-0.2, 0) is 17.0 Å². The second-order valence-corrected chi connectivity index (χ2v) is 8.02. The average molecular weight is 486 g/mol. The molecule has 4 aromatic rings. The Hall–Kier alpha value is -3.05. The van der Waals surface area contributed by atoms with Gasteiger partial charge in [0.05, 0.1) is 5.75 Å². The number of pyridine rings is 1. The third-order valence-electron chi connectivity index (χ3n) is 3.91. The predicted octanol–water partition coefficient (Wildman–Crippen LogP) is 3.88. The van der Waals surface area contributed by atoms with E-state index < -0.39 is 0 Å². The van der Waals surface area contributed by atoms with Gasteiger partial charge in [0, 0.05) is 41.0 Å². The van der Waals surface area contributed by atoms with Crippen LogP contribution in [0.2, 0.25) is 0 Å². The van der Waals surface area contributed by atoms with E-state index in [0.717, 1.165) is 15.7 Å². The number of nitrogens with zero attached hydrogens (tertiary/aromatic N) is 5. The van der Waals surface area contributed by atoms with E-state index in [-0.39, 0.29) is 12.3 Å². The first kappa shape index (κ1) is 20.2. The summed E-state index contributed by atoms with van der Waals surface area (Å²) in [4.78, 5) is 24.9. The van der Waals surface area contributed by atoms with E-state index in [1.165, 1.54) is 11.8 Å². The number of carbonyl (C=O) groups excluding carboxylic acids is 1. The van der Waals surface area contributed by atoms with E-state index >= 15 is 0 Å². The smallest absolute Gasteiger partial charge is 0.227 e. The van der Waals surface area contributed by atoms with Crippen LogP contribution in [0.1, 0.15) is 18.1 Å². The molecule has 0 atom stereocenters. The van der Waals surface area contributed by atoms with Crippen LogP contribution in [0, 0.1) is 0 Å². The molecule has 3 heterocycles. The van der Waals surface area contributed by atoms with Gasteiger partial charge in [0.15, 0.2) is 11.6 Å². The third-order valence-corrected chi connectivity index (χ3v) is 5.25. The van der Waals surface area contributed by atoms with E-state index in [2.05, 4.69) is 51.6 Å². The number of halogens is 1. The monoisotopic (exact) mass is 485 g/mol. The van der Waals surface area contributed by atoms with Crippen molar-refractivity contribution < 1.29 is 9.32 Å². The molecule has 2 N–H and O–H groups in total. The fraction of sp³-hybridized carbons (Fsp3) is 0.158. The van der Waals surface area contributed by atoms with Gasteiger partial charge in [-0.25, -0.2) is 4.98 Å². The van der Waals surface area contributed by atoms with Gasteiger partial charge in [-0.1, -0.05) is 38.9 Å². The molecule has 0 aliphatic heterocycles. The minimum atomic E-state index is -0.120. The summed E-state index contributed by atoms with van der Waals surface area (Å²) in [5, 5.41) is 14.4. The van der Waals surface area contributed by atoms with Gasteiger partial charge in [-0.15, -0.1) is 5.10 Å². The van der Waals surface area contributed by atoms with E-state index in [9.17, 15) is 4.79 Å². The second-order valence-electron chi connectivity index (χ2n) is 6.16. The van der Waals surface area contributed by atoms with Crippen molar-refractivity contribution in [2.75, 3.05) is 5.32 Å². The number of anilines is 1. The minimum absolute atomic E-state index is 0.120. The second kappa shape index (κ2) is 9.63. The molecule has 0 saturated carbocycles. The zero-order valence-electron chi connectivity index (χ0n) is 15.6.